The van der Waals surface area contributed by atoms with Gasteiger partial charge < -0.3 is 19.4 Å². The maximum atomic E-state index is 13.3. The summed E-state index contributed by atoms with van der Waals surface area (Å²) in [6, 6.07) is 12.2. The number of ether oxygens (including phenoxy) is 1. The van der Waals surface area contributed by atoms with Gasteiger partial charge in [0.15, 0.2) is 5.76 Å². The lowest BCUT2D eigenvalue weighted by Crippen LogP contribution is -2.38. The van der Waals surface area contributed by atoms with Crippen molar-refractivity contribution in [3.8, 4) is 0 Å². The van der Waals surface area contributed by atoms with Crippen LogP contribution in [-0.2, 0) is 16.1 Å². The second kappa shape index (κ2) is 9.98. The quantitative estimate of drug-likeness (QED) is 0.502. The predicted octanol–water partition coefficient (Wildman–Crippen LogP) is 5.38. The molecule has 2 amide bonds. The number of benzene rings is 2. The van der Waals surface area contributed by atoms with Crippen molar-refractivity contribution in [2.45, 2.75) is 20.0 Å². The Morgan fingerprint density at radius 3 is 2.63 bits per heavy atom. The van der Waals surface area contributed by atoms with Gasteiger partial charge in [0.2, 0.25) is 5.91 Å². The Labute approximate surface area is 184 Å². The van der Waals surface area contributed by atoms with E-state index in [2.05, 4.69) is 5.32 Å². The van der Waals surface area contributed by atoms with Crippen molar-refractivity contribution in [2.75, 3.05) is 25.5 Å². The number of carbonyl (C=O) groups excluding carboxylic acids is 2. The van der Waals surface area contributed by atoms with Crippen LogP contribution in [0, 0.1) is 0 Å². The summed E-state index contributed by atoms with van der Waals surface area (Å²) in [5, 5.41) is 4.33. The number of carbonyl (C=O) groups is 2. The third kappa shape index (κ3) is 4.95. The highest BCUT2D eigenvalue weighted by atomic mass is 35.5. The van der Waals surface area contributed by atoms with E-state index >= 15 is 0 Å². The van der Waals surface area contributed by atoms with E-state index in [1.54, 1.807) is 31.4 Å². The smallest absolute Gasteiger partial charge is 0.290 e. The summed E-state index contributed by atoms with van der Waals surface area (Å²) >= 11 is 12.0. The summed E-state index contributed by atoms with van der Waals surface area (Å²) in [5.74, 6) is -0.549. The first kappa shape index (κ1) is 22.2. The summed E-state index contributed by atoms with van der Waals surface area (Å²) in [6.07, 6.45) is 0.681. The number of nitrogens with one attached hydrogen (secondary N) is 1. The first-order chi connectivity index (χ1) is 14.4. The van der Waals surface area contributed by atoms with Gasteiger partial charge in [-0.1, -0.05) is 48.3 Å². The van der Waals surface area contributed by atoms with Gasteiger partial charge in [-0.3, -0.25) is 9.59 Å². The summed E-state index contributed by atoms with van der Waals surface area (Å²) < 4.78 is 11.1. The molecule has 0 fully saturated rings. The number of para-hydroxylation sites is 1. The Balaban J connectivity index is 1.83. The normalized spacial score (nSPS) is 10.9. The average molecular weight is 449 g/mol. The molecule has 0 saturated carbocycles. The summed E-state index contributed by atoms with van der Waals surface area (Å²) in [7, 11) is 1.56. The fraction of sp³-hybridized carbons (Fsp3) is 0.273. The monoisotopic (exact) mass is 448 g/mol. The minimum absolute atomic E-state index is 0.144. The molecule has 0 aliphatic heterocycles. The van der Waals surface area contributed by atoms with Gasteiger partial charge >= 0.3 is 0 Å². The van der Waals surface area contributed by atoms with Gasteiger partial charge in [0, 0.05) is 29.6 Å². The molecule has 0 saturated heterocycles. The molecule has 0 atom stereocenters. The van der Waals surface area contributed by atoms with Gasteiger partial charge in [0.25, 0.3) is 5.91 Å². The minimum Gasteiger partial charge on any atom is -0.451 e. The van der Waals surface area contributed by atoms with Gasteiger partial charge in [0.05, 0.1) is 17.3 Å². The summed E-state index contributed by atoms with van der Waals surface area (Å²) in [6.45, 7) is 2.41. The van der Waals surface area contributed by atoms with Crippen LogP contribution in [0.15, 0.2) is 46.9 Å². The van der Waals surface area contributed by atoms with Gasteiger partial charge in [-0.25, -0.2) is 0 Å². The van der Waals surface area contributed by atoms with Crippen molar-refractivity contribution in [1.29, 1.82) is 0 Å². The van der Waals surface area contributed by atoms with E-state index in [0.29, 0.717) is 39.8 Å². The standard InChI is InChI=1S/C22H22Cl2N2O4/c1-3-10-26(12-20(27)25-18-9-8-14(23)11-17(18)24)22(28)21-16(13-29-2)15-6-4-5-7-19(15)30-21/h4-9,11H,3,10,12-13H2,1-2H3,(H,25,27). The highest BCUT2D eigenvalue weighted by molar-refractivity contribution is 6.36. The van der Waals surface area contributed by atoms with Crippen LogP contribution in [0.3, 0.4) is 0 Å². The molecule has 1 aromatic heterocycles. The molecule has 8 heteroatoms. The van der Waals surface area contributed by atoms with Crippen LogP contribution in [0.4, 0.5) is 5.69 Å². The summed E-state index contributed by atoms with van der Waals surface area (Å²) in [5.41, 5.74) is 1.70. The molecular formula is C22H22Cl2N2O4. The van der Waals surface area contributed by atoms with Gasteiger partial charge in [-0.15, -0.1) is 0 Å². The molecule has 0 bridgehead atoms. The van der Waals surface area contributed by atoms with E-state index in [9.17, 15) is 9.59 Å². The van der Waals surface area contributed by atoms with E-state index < -0.39 is 0 Å². The second-order valence-corrected chi connectivity index (χ2v) is 7.58. The lowest BCUT2D eigenvalue weighted by molar-refractivity contribution is -0.116. The molecule has 1 heterocycles. The second-order valence-electron chi connectivity index (χ2n) is 6.74. The molecule has 6 nitrogen and oxygen atoms in total. The maximum absolute atomic E-state index is 13.3. The molecule has 0 aliphatic rings. The van der Waals surface area contributed by atoms with Crippen molar-refractivity contribution in [2.24, 2.45) is 0 Å². The molecule has 30 heavy (non-hydrogen) atoms. The van der Waals surface area contributed by atoms with Crippen molar-refractivity contribution in [3.63, 3.8) is 0 Å². The Kier molecular flexibility index (Phi) is 7.37. The van der Waals surface area contributed by atoms with Crippen molar-refractivity contribution in [1.82, 2.24) is 4.90 Å². The molecular weight excluding hydrogens is 427 g/mol. The Morgan fingerprint density at radius 1 is 1.17 bits per heavy atom. The van der Waals surface area contributed by atoms with Crippen molar-refractivity contribution >= 4 is 51.7 Å². The zero-order chi connectivity index (χ0) is 21.7. The first-order valence-corrected chi connectivity index (χ1v) is 10.2. The molecule has 2 aromatic carbocycles. The number of hydrogen-bond acceptors (Lipinski definition) is 4. The maximum Gasteiger partial charge on any atom is 0.290 e. The highest BCUT2D eigenvalue weighted by Gasteiger charge is 2.26. The lowest BCUT2D eigenvalue weighted by atomic mass is 10.1. The largest absolute Gasteiger partial charge is 0.451 e. The fourth-order valence-electron chi connectivity index (χ4n) is 3.18. The Morgan fingerprint density at radius 2 is 1.93 bits per heavy atom. The van der Waals surface area contributed by atoms with E-state index in [1.807, 2.05) is 25.1 Å². The first-order valence-electron chi connectivity index (χ1n) is 9.48. The molecule has 0 radical (unpaired) electrons. The number of rotatable bonds is 8. The van der Waals surface area contributed by atoms with E-state index in [4.69, 9.17) is 32.4 Å². The number of hydrogen-bond donors (Lipinski definition) is 1. The minimum atomic E-state index is -0.370. The third-order valence-corrected chi connectivity index (χ3v) is 5.05. The number of halogens is 2. The number of amides is 2. The number of anilines is 1. The van der Waals surface area contributed by atoms with Crippen LogP contribution in [0.1, 0.15) is 29.5 Å². The van der Waals surface area contributed by atoms with Crippen LogP contribution >= 0.6 is 23.2 Å². The third-order valence-electron chi connectivity index (χ3n) is 4.50. The van der Waals surface area contributed by atoms with Crippen LogP contribution < -0.4 is 5.32 Å². The zero-order valence-electron chi connectivity index (χ0n) is 16.7. The summed E-state index contributed by atoms with van der Waals surface area (Å²) in [4.78, 5) is 27.3. The molecule has 0 spiro atoms. The van der Waals surface area contributed by atoms with Gasteiger partial charge in [-0.05, 0) is 30.7 Å². The molecule has 0 unspecified atom stereocenters. The number of methoxy groups -OCH3 is 1. The molecule has 158 valence electrons. The van der Waals surface area contributed by atoms with E-state index in [-0.39, 0.29) is 30.7 Å². The van der Waals surface area contributed by atoms with Crippen molar-refractivity contribution < 1.29 is 18.7 Å². The number of fused-ring (bicyclic) bond motifs is 1. The van der Waals surface area contributed by atoms with Gasteiger partial charge in [0.1, 0.15) is 12.1 Å². The van der Waals surface area contributed by atoms with Gasteiger partial charge in [-0.2, -0.15) is 0 Å². The SMILES string of the molecule is CCCN(CC(=O)Nc1ccc(Cl)cc1Cl)C(=O)c1oc2ccccc2c1COC. The predicted molar refractivity (Wildman–Crippen MR) is 118 cm³/mol. The molecule has 3 rings (SSSR count). The van der Waals surface area contributed by atoms with Crippen LogP contribution in [0.2, 0.25) is 10.0 Å². The molecule has 0 aliphatic carbocycles. The Bertz CT molecular complexity index is 1060. The fourth-order valence-corrected chi connectivity index (χ4v) is 3.63. The van der Waals surface area contributed by atoms with Crippen LogP contribution in [0.25, 0.3) is 11.0 Å². The van der Waals surface area contributed by atoms with Crippen molar-refractivity contribution in [3.05, 3.63) is 63.8 Å². The Hall–Kier alpha value is -2.54. The number of nitrogens with zero attached hydrogens (tertiary/aromatic N) is 1. The van der Waals surface area contributed by atoms with Crippen LogP contribution in [-0.4, -0.2) is 36.9 Å². The molecule has 1 N–H and O–H groups in total. The van der Waals surface area contributed by atoms with Crippen LogP contribution in [0.5, 0.6) is 0 Å². The number of furan rings is 1. The topological polar surface area (TPSA) is 71.8 Å². The molecule has 3 aromatic rings. The zero-order valence-corrected chi connectivity index (χ0v) is 18.2. The van der Waals surface area contributed by atoms with E-state index in [1.165, 1.54) is 4.90 Å². The highest BCUT2D eigenvalue weighted by Crippen LogP contribution is 2.28. The lowest BCUT2D eigenvalue weighted by Gasteiger charge is -2.21. The average Bonchev–Trinajstić information content (AvgIpc) is 3.08. The van der Waals surface area contributed by atoms with E-state index in [0.717, 1.165) is 5.39 Å².